The predicted octanol–water partition coefficient (Wildman–Crippen LogP) is 3.48. The lowest BCUT2D eigenvalue weighted by Crippen LogP contribution is -2.19. The minimum absolute atomic E-state index is 0.0652. The van der Waals surface area contributed by atoms with E-state index < -0.39 is 5.82 Å². The van der Waals surface area contributed by atoms with Gasteiger partial charge in [0.25, 0.3) is 0 Å². The van der Waals surface area contributed by atoms with Gasteiger partial charge in [-0.1, -0.05) is 17.7 Å². The van der Waals surface area contributed by atoms with Crippen LogP contribution in [-0.2, 0) is 4.74 Å². The minimum Gasteiger partial charge on any atom is -0.381 e. The van der Waals surface area contributed by atoms with Crippen LogP contribution >= 0.6 is 11.6 Å². The summed E-state index contributed by atoms with van der Waals surface area (Å²) in [7, 11) is 0. The molecule has 1 heterocycles. The maximum atomic E-state index is 13.2. The van der Waals surface area contributed by atoms with Crippen molar-refractivity contribution in [2.24, 2.45) is 5.92 Å². The molecule has 1 aliphatic heterocycles. The third kappa shape index (κ3) is 3.05. The average molecular weight is 257 g/mol. The van der Waals surface area contributed by atoms with E-state index in [0.29, 0.717) is 25.6 Å². The highest BCUT2D eigenvalue weighted by molar-refractivity contribution is 6.34. The Hall–Kier alpha value is -0.930. The Kier molecular flexibility index (Phi) is 4.13. The van der Waals surface area contributed by atoms with Crippen LogP contribution in [0.15, 0.2) is 18.2 Å². The van der Waals surface area contributed by atoms with Gasteiger partial charge in [0, 0.05) is 25.2 Å². The van der Waals surface area contributed by atoms with Crippen LogP contribution in [0.4, 0.5) is 4.39 Å². The SMILES string of the molecule is O=C(CC1CCOCC1)c1cccc(F)c1Cl. The van der Waals surface area contributed by atoms with Crippen molar-refractivity contribution in [1.82, 2.24) is 0 Å². The first-order chi connectivity index (χ1) is 8.18. The zero-order valence-electron chi connectivity index (χ0n) is 9.42. The molecule has 4 heteroatoms. The van der Waals surface area contributed by atoms with Gasteiger partial charge in [-0.05, 0) is 30.9 Å². The van der Waals surface area contributed by atoms with Crippen LogP contribution in [0.1, 0.15) is 29.6 Å². The molecule has 0 N–H and O–H groups in total. The first-order valence-corrected chi connectivity index (χ1v) is 6.11. The molecule has 2 nitrogen and oxygen atoms in total. The quantitative estimate of drug-likeness (QED) is 0.774. The van der Waals surface area contributed by atoms with Gasteiger partial charge in [-0.25, -0.2) is 4.39 Å². The third-order valence-corrected chi connectivity index (χ3v) is 3.45. The molecule has 2 rings (SSSR count). The molecule has 92 valence electrons. The predicted molar refractivity (Wildman–Crippen MR) is 63.9 cm³/mol. The number of Topliss-reactive ketones (excluding diaryl/α,β-unsaturated/α-hetero) is 1. The molecule has 1 aliphatic rings. The van der Waals surface area contributed by atoms with Crippen LogP contribution in [0.3, 0.4) is 0 Å². The molecule has 1 saturated heterocycles. The van der Waals surface area contributed by atoms with E-state index in [9.17, 15) is 9.18 Å². The number of benzene rings is 1. The van der Waals surface area contributed by atoms with Crippen LogP contribution in [-0.4, -0.2) is 19.0 Å². The molecule has 0 aromatic heterocycles. The number of ether oxygens (including phenoxy) is 1. The van der Waals surface area contributed by atoms with Gasteiger partial charge in [-0.15, -0.1) is 0 Å². The van der Waals surface area contributed by atoms with Gasteiger partial charge < -0.3 is 4.74 Å². The Bertz CT molecular complexity index is 414. The van der Waals surface area contributed by atoms with Gasteiger partial charge in [0.1, 0.15) is 5.82 Å². The number of hydrogen-bond acceptors (Lipinski definition) is 2. The summed E-state index contributed by atoms with van der Waals surface area (Å²) < 4.78 is 18.4. The topological polar surface area (TPSA) is 26.3 Å². The minimum atomic E-state index is -0.538. The first kappa shape index (κ1) is 12.5. The lowest BCUT2D eigenvalue weighted by molar-refractivity contribution is 0.0601. The molecule has 0 radical (unpaired) electrons. The van der Waals surface area contributed by atoms with Crippen molar-refractivity contribution >= 4 is 17.4 Å². The Labute approximate surface area is 105 Å². The molecule has 17 heavy (non-hydrogen) atoms. The van der Waals surface area contributed by atoms with E-state index in [1.54, 1.807) is 6.07 Å². The molecule has 1 fully saturated rings. The van der Waals surface area contributed by atoms with Crippen molar-refractivity contribution in [3.63, 3.8) is 0 Å². The van der Waals surface area contributed by atoms with E-state index in [-0.39, 0.29) is 16.4 Å². The van der Waals surface area contributed by atoms with Crippen molar-refractivity contribution in [2.45, 2.75) is 19.3 Å². The summed E-state index contributed by atoms with van der Waals surface area (Å²) in [6.07, 6.45) is 2.20. The molecule has 1 aromatic rings. The molecular formula is C13H14ClFO2. The monoisotopic (exact) mass is 256 g/mol. The van der Waals surface area contributed by atoms with E-state index in [1.165, 1.54) is 12.1 Å². The van der Waals surface area contributed by atoms with Crippen LogP contribution in [0, 0.1) is 11.7 Å². The molecule has 0 saturated carbocycles. The lowest BCUT2D eigenvalue weighted by Gasteiger charge is -2.21. The van der Waals surface area contributed by atoms with E-state index >= 15 is 0 Å². The molecule has 0 aliphatic carbocycles. The smallest absolute Gasteiger partial charge is 0.164 e. The highest BCUT2D eigenvalue weighted by Crippen LogP contribution is 2.25. The van der Waals surface area contributed by atoms with Crippen molar-refractivity contribution in [1.29, 1.82) is 0 Å². The second kappa shape index (κ2) is 5.61. The van der Waals surface area contributed by atoms with Crippen molar-refractivity contribution in [2.75, 3.05) is 13.2 Å². The van der Waals surface area contributed by atoms with Gasteiger partial charge in [-0.2, -0.15) is 0 Å². The van der Waals surface area contributed by atoms with Gasteiger partial charge in [0.2, 0.25) is 0 Å². The summed E-state index contributed by atoms with van der Waals surface area (Å²) in [4.78, 5) is 12.0. The van der Waals surface area contributed by atoms with E-state index in [0.717, 1.165) is 12.8 Å². The highest BCUT2D eigenvalue weighted by atomic mass is 35.5. The molecule has 0 amide bonds. The molecule has 0 bridgehead atoms. The highest BCUT2D eigenvalue weighted by Gasteiger charge is 2.20. The molecule has 0 atom stereocenters. The lowest BCUT2D eigenvalue weighted by atomic mass is 9.92. The zero-order valence-corrected chi connectivity index (χ0v) is 10.2. The second-order valence-electron chi connectivity index (χ2n) is 4.28. The van der Waals surface area contributed by atoms with Gasteiger partial charge in [0.05, 0.1) is 5.02 Å². The van der Waals surface area contributed by atoms with Gasteiger partial charge in [-0.3, -0.25) is 4.79 Å². The Balaban J connectivity index is 2.06. The summed E-state index contributed by atoms with van der Waals surface area (Å²) in [5.74, 6) is -0.290. The summed E-state index contributed by atoms with van der Waals surface area (Å²) in [6, 6.07) is 4.35. The summed E-state index contributed by atoms with van der Waals surface area (Å²) in [5.41, 5.74) is 0.290. The number of carbonyl (C=O) groups excluding carboxylic acids is 1. The van der Waals surface area contributed by atoms with Crippen LogP contribution in [0.25, 0.3) is 0 Å². The van der Waals surface area contributed by atoms with Crippen molar-refractivity contribution in [3.8, 4) is 0 Å². The fraction of sp³-hybridized carbons (Fsp3) is 0.462. The molecular weight excluding hydrogens is 243 g/mol. The largest absolute Gasteiger partial charge is 0.381 e. The second-order valence-corrected chi connectivity index (χ2v) is 4.66. The van der Waals surface area contributed by atoms with E-state index in [2.05, 4.69) is 0 Å². The van der Waals surface area contributed by atoms with E-state index in [1.807, 2.05) is 0 Å². The number of hydrogen-bond donors (Lipinski definition) is 0. The molecule has 1 aromatic carbocycles. The Morgan fingerprint density at radius 2 is 2.12 bits per heavy atom. The summed E-state index contributed by atoms with van der Waals surface area (Å²) >= 11 is 5.79. The Morgan fingerprint density at radius 3 is 2.82 bits per heavy atom. The van der Waals surface area contributed by atoms with E-state index in [4.69, 9.17) is 16.3 Å². The number of ketones is 1. The average Bonchev–Trinajstić information content (AvgIpc) is 2.34. The number of halogens is 2. The number of rotatable bonds is 3. The van der Waals surface area contributed by atoms with Crippen molar-refractivity contribution < 1.29 is 13.9 Å². The fourth-order valence-corrected chi connectivity index (χ4v) is 2.27. The van der Waals surface area contributed by atoms with Crippen LogP contribution in [0.5, 0.6) is 0 Å². The zero-order chi connectivity index (χ0) is 12.3. The molecule has 0 spiro atoms. The maximum Gasteiger partial charge on any atom is 0.164 e. The summed E-state index contributed by atoms with van der Waals surface area (Å²) in [5, 5.41) is -0.0652. The van der Waals surface area contributed by atoms with Crippen molar-refractivity contribution in [3.05, 3.63) is 34.6 Å². The van der Waals surface area contributed by atoms with Crippen LogP contribution < -0.4 is 0 Å². The fourth-order valence-electron chi connectivity index (χ4n) is 2.04. The standard InChI is InChI=1S/C13H14ClFO2/c14-13-10(2-1-3-11(13)15)12(16)8-9-4-6-17-7-5-9/h1-3,9H,4-8H2. The maximum absolute atomic E-state index is 13.2. The van der Waals surface area contributed by atoms with Crippen LogP contribution in [0.2, 0.25) is 5.02 Å². The number of carbonyl (C=O) groups is 1. The normalized spacial score (nSPS) is 17.1. The van der Waals surface area contributed by atoms with Gasteiger partial charge in [0.15, 0.2) is 5.78 Å². The Morgan fingerprint density at radius 1 is 1.41 bits per heavy atom. The molecule has 0 unspecified atom stereocenters. The summed E-state index contributed by atoms with van der Waals surface area (Å²) in [6.45, 7) is 1.41. The third-order valence-electron chi connectivity index (χ3n) is 3.07. The van der Waals surface area contributed by atoms with Gasteiger partial charge >= 0.3 is 0 Å². The first-order valence-electron chi connectivity index (χ1n) is 5.73.